The maximum atomic E-state index is 11.8. The molecule has 2 aromatic rings. The van der Waals surface area contributed by atoms with Gasteiger partial charge in [0.15, 0.2) is 0 Å². The summed E-state index contributed by atoms with van der Waals surface area (Å²) in [5.41, 5.74) is 0.749. The highest BCUT2D eigenvalue weighted by atomic mass is 32.1. The lowest BCUT2D eigenvalue weighted by molar-refractivity contribution is 0.0695. The van der Waals surface area contributed by atoms with Gasteiger partial charge in [-0.25, -0.2) is 9.78 Å². The molecule has 6 heteroatoms. The molecule has 0 fully saturated rings. The van der Waals surface area contributed by atoms with Gasteiger partial charge in [0.2, 0.25) is 0 Å². The monoisotopic (exact) mass is 264 g/mol. The number of aryl methyl sites for hydroxylation is 1. The van der Waals surface area contributed by atoms with Crippen LogP contribution in [-0.4, -0.2) is 20.6 Å². The van der Waals surface area contributed by atoms with Crippen molar-refractivity contribution in [2.24, 2.45) is 0 Å². The van der Waals surface area contributed by atoms with Gasteiger partial charge >= 0.3 is 5.97 Å². The van der Waals surface area contributed by atoms with Crippen molar-refractivity contribution >= 4 is 17.3 Å². The van der Waals surface area contributed by atoms with E-state index in [2.05, 4.69) is 4.98 Å². The van der Waals surface area contributed by atoms with Crippen LogP contribution in [-0.2, 0) is 0 Å². The minimum atomic E-state index is -1.05. The molecule has 0 bridgehead atoms. The number of hydrogen-bond acceptors (Lipinski definition) is 4. The predicted molar refractivity (Wildman–Crippen MR) is 68.3 cm³/mol. The van der Waals surface area contributed by atoms with Crippen molar-refractivity contribution in [3.05, 3.63) is 50.3 Å². The molecule has 0 saturated carbocycles. The Bertz CT molecular complexity index is 645. The molecule has 2 rings (SSSR count). The van der Waals surface area contributed by atoms with E-state index in [9.17, 15) is 9.59 Å². The lowest BCUT2D eigenvalue weighted by Gasteiger charge is -2.12. The Hall–Kier alpha value is -1.95. The zero-order chi connectivity index (χ0) is 13.3. The first-order chi connectivity index (χ1) is 8.49. The molecule has 2 heterocycles. The van der Waals surface area contributed by atoms with E-state index in [0.717, 1.165) is 10.7 Å². The maximum absolute atomic E-state index is 11.8. The molecule has 94 valence electrons. The number of pyridine rings is 1. The molecular formula is C12H12N2O3S. The number of thiazole rings is 1. The van der Waals surface area contributed by atoms with Crippen LogP contribution in [0.15, 0.2) is 28.5 Å². The standard InChI is InChI=1S/C12H12N2O3S/c1-7-6-18-11(13-7)8(2)14-5-9(12(16)17)3-4-10(14)15/h3-6,8H,1-2H3,(H,16,17). The quantitative estimate of drug-likeness (QED) is 0.919. The Morgan fingerprint density at radius 3 is 2.78 bits per heavy atom. The number of aromatic carboxylic acids is 1. The summed E-state index contributed by atoms with van der Waals surface area (Å²) in [6.45, 7) is 3.70. The third-order valence-corrected chi connectivity index (χ3v) is 3.73. The van der Waals surface area contributed by atoms with Crippen LogP contribution in [0.1, 0.15) is 34.0 Å². The predicted octanol–water partition coefficient (Wildman–Crippen LogP) is 1.92. The van der Waals surface area contributed by atoms with E-state index in [4.69, 9.17) is 5.11 Å². The number of carboxylic acid groups (broad SMARTS) is 1. The van der Waals surface area contributed by atoms with Crippen LogP contribution in [0.5, 0.6) is 0 Å². The molecule has 5 nitrogen and oxygen atoms in total. The van der Waals surface area contributed by atoms with Crippen LogP contribution >= 0.6 is 11.3 Å². The first kappa shape index (κ1) is 12.5. The molecule has 0 radical (unpaired) electrons. The fourth-order valence-corrected chi connectivity index (χ4v) is 2.47. The minimum absolute atomic E-state index is 0.0923. The smallest absolute Gasteiger partial charge is 0.337 e. The topological polar surface area (TPSA) is 72.2 Å². The molecule has 18 heavy (non-hydrogen) atoms. The van der Waals surface area contributed by atoms with Gasteiger partial charge < -0.3 is 9.67 Å². The zero-order valence-corrected chi connectivity index (χ0v) is 10.8. The van der Waals surface area contributed by atoms with Crippen molar-refractivity contribution in [1.82, 2.24) is 9.55 Å². The summed E-state index contributed by atoms with van der Waals surface area (Å²) in [7, 11) is 0. The minimum Gasteiger partial charge on any atom is -0.478 e. The van der Waals surface area contributed by atoms with Gasteiger partial charge in [0.1, 0.15) is 5.01 Å². The summed E-state index contributed by atoms with van der Waals surface area (Å²) in [6, 6.07) is 2.30. The summed E-state index contributed by atoms with van der Waals surface area (Å²) in [4.78, 5) is 27.0. The summed E-state index contributed by atoms with van der Waals surface area (Å²) in [5.74, 6) is -1.05. The molecule has 0 amide bonds. The molecule has 0 spiro atoms. The normalized spacial score (nSPS) is 12.3. The molecule has 1 unspecified atom stereocenters. The molecule has 0 aliphatic carbocycles. The van der Waals surface area contributed by atoms with Crippen LogP contribution < -0.4 is 5.56 Å². The molecular weight excluding hydrogens is 252 g/mol. The number of rotatable bonds is 3. The van der Waals surface area contributed by atoms with Crippen molar-refractivity contribution < 1.29 is 9.90 Å². The highest BCUT2D eigenvalue weighted by molar-refractivity contribution is 7.09. The van der Waals surface area contributed by atoms with E-state index < -0.39 is 5.97 Å². The van der Waals surface area contributed by atoms with Crippen molar-refractivity contribution in [2.75, 3.05) is 0 Å². The van der Waals surface area contributed by atoms with E-state index in [1.54, 1.807) is 0 Å². The molecule has 1 N–H and O–H groups in total. The van der Waals surface area contributed by atoms with Gasteiger partial charge in [-0.3, -0.25) is 4.79 Å². The average Bonchev–Trinajstić information content (AvgIpc) is 2.75. The SMILES string of the molecule is Cc1csc(C(C)n2cc(C(=O)O)ccc2=O)n1. The van der Waals surface area contributed by atoms with E-state index in [-0.39, 0.29) is 17.2 Å². The van der Waals surface area contributed by atoms with Gasteiger partial charge in [-0.1, -0.05) is 0 Å². The van der Waals surface area contributed by atoms with Gasteiger partial charge in [0.05, 0.1) is 11.6 Å². The number of carbonyl (C=O) groups is 1. The number of aromatic nitrogens is 2. The van der Waals surface area contributed by atoms with Gasteiger partial charge in [-0.05, 0) is 19.9 Å². The Kier molecular flexibility index (Phi) is 3.29. The van der Waals surface area contributed by atoms with Gasteiger partial charge in [-0.15, -0.1) is 11.3 Å². The zero-order valence-electron chi connectivity index (χ0n) is 9.95. The van der Waals surface area contributed by atoms with E-state index in [1.165, 1.54) is 34.2 Å². The fourth-order valence-electron chi connectivity index (χ4n) is 1.62. The highest BCUT2D eigenvalue weighted by Gasteiger charge is 2.14. The van der Waals surface area contributed by atoms with Crippen molar-refractivity contribution in [2.45, 2.75) is 19.9 Å². The average molecular weight is 264 g/mol. The summed E-state index contributed by atoms with van der Waals surface area (Å²) >= 11 is 1.46. The van der Waals surface area contributed by atoms with Crippen LogP contribution in [0.4, 0.5) is 0 Å². The Morgan fingerprint density at radius 1 is 1.50 bits per heavy atom. The molecule has 0 aromatic carbocycles. The van der Waals surface area contributed by atoms with Crippen LogP contribution in [0, 0.1) is 6.92 Å². The molecule has 0 aliphatic heterocycles. The Morgan fingerprint density at radius 2 is 2.22 bits per heavy atom. The molecule has 2 aromatic heterocycles. The molecule has 0 saturated heterocycles. The van der Waals surface area contributed by atoms with Gasteiger partial charge in [0, 0.05) is 23.3 Å². The first-order valence-corrected chi connectivity index (χ1v) is 6.24. The lowest BCUT2D eigenvalue weighted by Crippen LogP contribution is -2.23. The third-order valence-electron chi connectivity index (χ3n) is 2.60. The van der Waals surface area contributed by atoms with Crippen LogP contribution in [0.25, 0.3) is 0 Å². The highest BCUT2D eigenvalue weighted by Crippen LogP contribution is 2.20. The first-order valence-electron chi connectivity index (χ1n) is 5.36. The van der Waals surface area contributed by atoms with Gasteiger partial charge in [0.25, 0.3) is 5.56 Å². The third kappa shape index (κ3) is 2.33. The second kappa shape index (κ2) is 4.73. The summed E-state index contributed by atoms with van der Waals surface area (Å²) in [6.07, 6.45) is 1.35. The number of nitrogens with zero attached hydrogens (tertiary/aromatic N) is 2. The van der Waals surface area contributed by atoms with Crippen LogP contribution in [0.2, 0.25) is 0 Å². The lowest BCUT2D eigenvalue weighted by atomic mass is 10.2. The van der Waals surface area contributed by atoms with Crippen molar-refractivity contribution in [3.63, 3.8) is 0 Å². The Labute approximate surface area is 107 Å². The van der Waals surface area contributed by atoms with Crippen LogP contribution in [0.3, 0.4) is 0 Å². The van der Waals surface area contributed by atoms with E-state index in [0.29, 0.717) is 0 Å². The number of hydrogen-bond donors (Lipinski definition) is 1. The van der Waals surface area contributed by atoms with Crippen molar-refractivity contribution in [3.8, 4) is 0 Å². The second-order valence-electron chi connectivity index (χ2n) is 3.97. The van der Waals surface area contributed by atoms with Crippen molar-refractivity contribution in [1.29, 1.82) is 0 Å². The summed E-state index contributed by atoms with van der Waals surface area (Å²) < 4.78 is 1.39. The number of carboxylic acids is 1. The molecule has 0 aliphatic rings. The van der Waals surface area contributed by atoms with E-state index in [1.807, 2.05) is 19.2 Å². The van der Waals surface area contributed by atoms with E-state index >= 15 is 0 Å². The molecule has 1 atom stereocenters. The fraction of sp³-hybridized carbons (Fsp3) is 0.250. The largest absolute Gasteiger partial charge is 0.478 e. The van der Waals surface area contributed by atoms with Gasteiger partial charge in [-0.2, -0.15) is 0 Å². The maximum Gasteiger partial charge on any atom is 0.337 e. The second-order valence-corrected chi connectivity index (χ2v) is 4.86. The summed E-state index contributed by atoms with van der Waals surface area (Å²) in [5, 5.41) is 11.6. The Balaban J connectivity index is 2.47.